The number of methoxy groups -OCH3 is 1. The lowest BCUT2D eigenvalue weighted by Gasteiger charge is -2.43. The second kappa shape index (κ2) is 7.18. The van der Waals surface area contributed by atoms with E-state index in [1.54, 1.807) is 7.11 Å². The molecule has 2 aliphatic heterocycles. The SMILES string of the molecule is COCCNCCC(C)(O)C1CCOC2(CCOC2)C1. The molecule has 0 aromatic rings. The van der Waals surface area contributed by atoms with Crippen molar-refractivity contribution >= 4 is 0 Å². The highest BCUT2D eigenvalue weighted by Crippen LogP contribution is 2.40. The van der Waals surface area contributed by atoms with Crippen molar-refractivity contribution in [1.82, 2.24) is 5.32 Å². The number of rotatable bonds is 7. The van der Waals surface area contributed by atoms with Gasteiger partial charge in [0.1, 0.15) is 0 Å². The fraction of sp³-hybridized carbons (Fsp3) is 1.00. The van der Waals surface area contributed by atoms with Crippen LogP contribution >= 0.6 is 0 Å². The Morgan fingerprint density at radius 1 is 1.40 bits per heavy atom. The average Bonchev–Trinajstić information content (AvgIpc) is 2.86. The highest BCUT2D eigenvalue weighted by Gasteiger charge is 2.45. The third kappa shape index (κ3) is 4.15. The molecule has 2 heterocycles. The Kier molecular flexibility index (Phi) is 5.81. The fourth-order valence-corrected chi connectivity index (χ4v) is 3.27. The molecule has 5 heteroatoms. The Balaban J connectivity index is 1.78. The van der Waals surface area contributed by atoms with E-state index in [-0.39, 0.29) is 5.60 Å². The first-order chi connectivity index (χ1) is 9.58. The van der Waals surface area contributed by atoms with Gasteiger partial charge in [-0.3, -0.25) is 0 Å². The van der Waals surface area contributed by atoms with Gasteiger partial charge in [0, 0.05) is 33.3 Å². The van der Waals surface area contributed by atoms with Crippen molar-refractivity contribution in [2.45, 2.75) is 43.8 Å². The van der Waals surface area contributed by atoms with Gasteiger partial charge in [0.05, 0.1) is 24.4 Å². The van der Waals surface area contributed by atoms with Crippen molar-refractivity contribution in [2.24, 2.45) is 5.92 Å². The Bertz CT molecular complexity index is 290. The summed E-state index contributed by atoms with van der Waals surface area (Å²) < 4.78 is 16.4. The van der Waals surface area contributed by atoms with Crippen molar-refractivity contribution < 1.29 is 19.3 Å². The highest BCUT2D eigenvalue weighted by atomic mass is 16.6. The molecule has 3 atom stereocenters. The molecule has 1 spiro atoms. The Labute approximate surface area is 122 Å². The highest BCUT2D eigenvalue weighted by molar-refractivity contribution is 4.96. The maximum Gasteiger partial charge on any atom is 0.0940 e. The van der Waals surface area contributed by atoms with Gasteiger partial charge in [0.15, 0.2) is 0 Å². The van der Waals surface area contributed by atoms with Gasteiger partial charge in [0.25, 0.3) is 0 Å². The van der Waals surface area contributed by atoms with E-state index in [0.29, 0.717) is 19.1 Å². The van der Waals surface area contributed by atoms with E-state index in [1.807, 2.05) is 6.92 Å². The lowest BCUT2D eigenvalue weighted by molar-refractivity contribution is -0.139. The molecular weight excluding hydrogens is 258 g/mol. The second-order valence-corrected chi connectivity index (χ2v) is 6.37. The van der Waals surface area contributed by atoms with Crippen LogP contribution in [0.25, 0.3) is 0 Å². The molecule has 5 nitrogen and oxygen atoms in total. The molecule has 0 aromatic heterocycles. The summed E-state index contributed by atoms with van der Waals surface area (Å²) in [6.07, 6.45) is 3.58. The van der Waals surface area contributed by atoms with Gasteiger partial charge in [-0.05, 0) is 38.6 Å². The first-order valence-corrected chi connectivity index (χ1v) is 7.72. The summed E-state index contributed by atoms with van der Waals surface area (Å²) in [6, 6.07) is 0. The van der Waals surface area contributed by atoms with Crippen LogP contribution < -0.4 is 5.32 Å². The molecule has 0 aromatic carbocycles. The Morgan fingerprint density at radius 2 is 2.25 bits per heavy atom. The van der Waals surface area contributed by atoms with Crippen LogP contribution in [0.1, 0.15) is 32.6 Å². The number of ether oxygens (including phenoxy) is 3. The van der Waals surface area contributed by atoms with Crippen LogP contribution in [0.2, 0.25) is 0 Å². The molecule has 0 radical (unpaired) electrons. The monoisotopic (exact) mass is 287 g/mol. The lowest BCUT2D eigenvalue weighted by Crippen LogP contribution is -2.48. The van der Waals surface area contributed by atoms with Crippen LogP contribution in [0.3, 0.4) is 0 Å². The summed E-state index contributed by atoms with van der Waals surface area (Å²) in [5, 5.41) is 14.1. The largest absolute Gasteiger partial charge is 0.390 e. The third-order valence-electron chi connectivity index (χ3n) is 4.73. The fourth-order valence-electron chi connectivity index (χ4n) is 3.27. The topological polar surface area (TPSA) is 60.0 Å². The molecule has 2 saturated heterocycles. The van der Waals surface area contributed by atoms with Crippen LogP contribution in [0.4, 0.5) is 0 Å². The second-order valence-electron chi connectivity index (χ2n) is 6.37. The van der Waals surface area contributed by atoms with E-state index >= 15 is 0 Å². The zero-order valence-electron chi connectivity index (χ0n) is 12.8. The summed E-state index contributed by atoms with van der Waals surface area (Å²) >= 11 is 0. The minimum atomic E-state index is -0.639. The third-order valence-corrected chi connectivity index (χ3v) is 4.73. The van der Waals surface area contributed by atoms with Gasteiger partial charge in [-0.15, -0.1) is 0 Å². The van der Waals surface area contributed by atoms with Crippen molar-refractivity contribution in [2.75, 3.05) is 46.6 Å². The predicted octanol–water partition coefficient (Wildman–Crippen LogP) is 0.949. The van der Waals surface area contributed by atoms with Crippen molar-refractivity contribution in [3.63, 3.8) is 0 Å². The average molecular weight is 287 g/mol. The van der Waals surface area contributed by atoms with Crippen molar-refractivity contribution in [3.05, 3.63) is 0 Å². The summed E-state index contributed by atoms with van der Waals surface area (Å²) in [5.41, 5.74) is -0.768. The minimum Gasteiger partial charge on any atom is -0.390 e. The number of hydrogen-bond donors (Lipinski definition) is 2. The molecule has 2 N–H and O–H groups in total. The maximum absolute atomic E-state index is 10.8. The van der Waals surface area contributed by atoms with Gasteiger partial charge in [-0.1, -0.05) is 0 Å². The minimum absolute atomic E-state index is 0.129. The first-order valence-electron chi connectivity index (χ1n) is 7.72. The van der Waals surface area contributed by atoms with Crippen LogP contribution in [0.5, 0.6) is 0 Å². The van der Waals surface area contributed by atoms with E-state index in [1.165, 1.54) is 0 Å². The van der Waals surface area contributed by atoms with Crippen LogP contribution in [-0.4, -0.2) is 62.9 Å². The standard InChI is InChI=1S/C15H29NO4/c1-14(17,4-6-16-7-10-18-2)13-3-8-20-15(11-13)5-9-19-12-15/h13,16-17H,3-12H2,1-2H3. The van der Waals surface area contributed by atoms with Crippen molar-refractivity contribution in [3.8, 4) is 0 Å². The number of nitrogens with one attached hydrogen (secondary N) is 1. The molecule has 2 fully saturated rings. The van der Waals surface area contributed by atoms with E-state index in [4.69, 9.17) is 14.2 Å². The van der Waals surface area contributed by atoms with Crippen LogP contribution in [0, 0.1) is 5.92 Å². The Morgan fingerprint density at radius 3 is 2.95 bits per heavy atom. The summed E-state index contributed by atoms with van der Waals surface area (Å²) in [6.45, 7) is 6.53. The zero-order valence-corrected chi connectivity index (χ0v) is 12.8. The Hall–Kier alpha value is -0.200. The molecule has 0 aliphatic carbocycles. The van der Waals surface area contributed by atoms with Gasteiger partial charge >= 0.3 is 0 Å². The summed E-state index contributed by atoms with van der Waals surface area (Å²) in [5.74, 6) is 0.294. The lowest BCUT2D eigenvalue weighted by atomic mass is 9.75. The quantitative estimate of drug-likeness (QED) is 0.683. The van der Waals surface area contributed by atoms with Gasteiger partial charge in [0.2, 0.25) is 0 Å². The normalized spacial score (nSPS) is 33.5. The van der Waals surface area contributed by atoms with Gasteiger partial charge < -0.3 is 24.6 Å². The molecule has 118 valence electrons. The molecule has 20 heavy (non-hydrogen) atoms. The maximum atomic E-state index is 10.8. The number of hydrogen-bond acceptors (Lipinski definition) is 5. The van der Waals surface area contributed by atoms with Gasteiger partial charge in [-0.2, -0.15) is 0 Å². The summed E-state index contributed by atoms with van der Waals surface area (Å²) in [7, 11) is 1.70. The van der Waals surface area contributed by atoms with Crippen molar-refractivity contribution in [1.29, 1.82) is 0 Å². The molecule has 0 amide bonds. The molecule has 3 unspecified atom stereocenters. The molecule has 0 saturated carbocycles. The van der Waals surface area contributed by atoms with Crippen LogP contribution in [0.15, 0.2) is 0 Å². The van der Waals surface area contributed by atoms with E-state index in [9.17, 15) is 5.11 Å². The molecule has 0 bridgehead atoms. The van der Waals surface area contributed by atoms with E-state index < -0.39 is 5.60 Å². The number of aliphatic hydroxyl groups is 1. The first kappa shape index (κ1) is 16.2. The van der Waals surface area contributed by atoms with E-state index in [2.05, 4.69) is 5.32 Å². The molecule has 2 rings (SSSR count). The van der Waals surface area contributed by atoms with Crippen LogP contribution in [-0.2, 0) is 14.2 Å². The molecule has 2 aliphatic rings. The zero-order chi connectivity index (χ0) is 14.5. The predicted molar refractivity (Wildman–Crippen MR) is 76.8 cm³/mol. The van der Waals surface area contributed by atoms with Gasteiger partial charge in [-0.25, -0.2) is 0 Å². The van der Waals surface area contributed by atoms with E-state index in [0.717, 1.165) is 52.0 Å². The summed E-state index contributed by atoms with van der Waals surface area (Å²) in [4.78, 5) is 0. The smallest absolute Gasteiger partial charge is 0.0940 e. The molecular formula is C15H29NO4.